The van der Waals surface area contributed by atoms with Crippen LogP contribution in [-0.2, 0) is 12.8 Å². The van der Waals surface area contributed by atoms with Crippen LogP contribution in [0.15, 0.2) is 6.07 Å². The number of rotatable bonds is 7. The zero-order chi connectivity index (χ0) is 15.1. The van der Waals surface area contributed by atoms with Crippen molar-refractivity contribution in [2.75, 3.05) is 0 Å². The largest absolute Gasteiger partial charge is 0.511 e. The molecule has 0 aliphatic rings. The van der Waals surface area contributed by atoms with E-state index in [9.17, 15) is 14.3 Å². The van der Waals surface area contributed by atoms with Crippen LogP contribution in [0.25, 0.3) is 0 Å². The number of halogens is 1. The zero-order valence-corrected chi connectivity index (χ0v) is 11.9. The molecule has 4 nitrogen and oxygen atoms in total. The van der Waals surface area contributed by atoms with E-state index in [1.807, 2.05) is 13.8 Å². The van der Waals surface area contributed by atoms with Crippen molar-refractivity contribution in [3.63, 3.8) is 0 Å². The first-order valence-electron chi connectivity index (χ1n) is 6.95. The molecule has 1 aromatic rings. The van der Waals surface area contributed by atoms with Gasteiger partial charge >= 0.3 is 6.16 Å². The number of hydrogen-bond acceptors (Lipinski definition) is 3. The third-order valence-corrected chi connectivity index (χ3v) is 3.19. The van der Waals surface area contributed by atoms with E-state index in [1.54, 1.807) is 0 Å². The van der Waals surface area contributed by atoms with E-state index in [1.165, 1.54) is 0 Å². The molecular weight excluding hydrogens is 263 g/mol. The summed E-state index contributed by atoms with van der Waals surface area (Å²) < 4.78 is 18.5. The van der Waals surface area contributed by atoms with Gasteiger partial charge in [0.1, 0.15) is 5.82 Å². The molecule has 0 heterocycles. The van der Waals surface area contributed by atoms with Crippen molar-refractivity contribution in [1.29, 1.82) is 0 Å². The maximum atomic E-state index is 14.1. The van der Waals surface area contributed by atoms with Gasteiger partial charge in [0.05, 0.1) is 0 Å². The van der Waals surface area contributed by atoms with Crippen molar-refractivity contribution in [3.05, 3.63) is 23.0 Å². The molecule has 1 aromatic carbocycles. The van der Waals surface area contributed by atoms with Crippen LogP contribution in [0.4, 0.5) is 9.18 Å². The number of carboxylic acid groups (broad SMARTS) is 1. The number of carbonyl (C=O) groups is 1. The molecule has 20 heavy (non-hydrogen) atoms. The van der Waals surface area contributed by atoms with Crippen molar-refractivity contribution >= 4 is 6.16 Å². The van der Waals surface area contributed by atoms with E-state index in [0.29, 0.717) is 24.0 Å². The Morgan fingerprint density at radius 1 is 1.20 bits per heavy atom. The minimum Gasteiger partial charge on any atom is -0.504 e. The molecule has 0 aliphatic carbocycles. The molecule has 0 fully saturated rings. The van der Waals surface area contributed by atoms with Gasteiger partial charge in [-0.3, -0.25) is 0 Å². The van der Waals surface area contributed by atoms with Gasteiger partial charge in [-0.2, -0.15) is 0 Å². The zero-order valence-electron chi connectivity index (χ0n) is 11.9. The Balaban J connectivity index is 3.21. The SMILES string of the molecule is CCCCc1c(F)cc(OC(=O)O)c(O)c1CCCC. The molecule has 0 aromatic heterocycles. The highest BCUT2D eigenvalue weighted by Crippen LogP contribution is 2.36. The van der Waals surface area contributed by atoms with Crippen LogP contribution < -0.4 is 4.74 Å². The van der Waals surface area contributed by atoms with Crippen LogP contribution in [0.2, 0.25) is 0 Å². The Morgan fingerprint density at radius 3 is 2.25 bits per heavy atom. The number of aromatic hydroxyl groups is 1. The number of ether oxygens (including phenoxy) is 1. The van der Waals surface area contributed by atoms with Gasteiger partial charge in [0.15, 0.2) is 11.5 Å². The average molecular weight is 284 g/mol. The summed E-state index contributed by atoms with van der Waals surface area (Å²) in [4.78, 5) is 10.6. The number of benzene rings is 1. The number of hydrogen-bond donors (Lipinski definition) is 2. The third-order valence-electron chi connectivity index (χ3n) is 3.19. The minimum atomic E-state index is -1.57. The standard InChI is InChI=1S/C15H21FO4/c1-3-5-7-10-11(8-6-4-2)14(17)13(9-12(10)16)20-15(18)19/h9,17H,3-8H2,1-2H3,(H,18,19). The van der Waals surface area contributed by atoms with Crippen LogP contribution in [0.1, 0.15) is 50.7 Å². The summed E-state index contributed by atoms with van der Waals surface area (Å²) in [5, 5.41) is 18.7. The number of phenols is 1. The maximum absolute atomic E-state index is 14.1. The van der Waals surface area contributed by atoms with Crippen LogP contribution in [-0.4, -0.2) is 16.4 Å². The minimum absolute atomic E-state index is 0.256. The maximum Gasteiger partial charge on any atom is 0.511 e. The lowest BCUT2D eigenvalue weighted by Crippen LogP contribution is -2.07. The lowest BCUT2D eigenvalue weighted by atomic mass is 9.96. The topological polar surface area (TPSA) is 66.8 Å². The molecule has 0 aliphatic heterocycles. The first-order valence-corrected chi connectivity index (χ1v) is 6.95. The molecule has 0 saturated carbocycles. The summed E-state index contributed by atoms with van der Waals surface area (Å²) in [5.41, 5.74) is 0.937. The van der Waals surface area contributed by atoms with Gasteiger partial charge in [-0.15, -0.1) is 0 Å². The first kappa shape index (κ1) is 16.3. The molecule has 1 rings (SSSR count). The van der Waals surface area contributed by atoms with E-state index in [-0.39, 0.29) is 11.5 Å². The van der Waals surface area contributed by atoms with Gasteiger partial charge < -0.3 is 14.9 Å². The summed E-state index contributed by atoms with van der Waals surface area (Å²) >= 11 is 0. The fraction of sp³-hybridized carbons (Fsp3) is 0.533. The van der Waals surface area contributed by atoms with Gasteiger partial charge in [-0.1, -0.05) is 26.7 Å². The van der Waals surface area contributed by atoms with Gasteiger partial charge in [0, 0.05) is 11.6 Å². The molecule has 112 valence electrons. The van der Waals surface area contributed by atoms with Crippen molar-refractivity contribution in [3.8, 4) is 11.5 Å². The number of unbranched alkanes of at least 4 members (excludes halogenated alkanes) is 2. The summed E-state index contributed by atoms with van der Waals surface area (Å²) in [5.74, 6) is -1.10. The summed E-state index contributed by atoms with van der Waals surface area (Å²) in [6, 6.07) is 0.948. The molecule has 2 N–H and O–H groups in total. The van der Waals surface area contributed by atoms with E-state index in [2.05, 4.69) is 4.74 Å². The van der Waals surface area contributed by atoms with Crippen molar-refractivity contribution in [1.82, 2.24) is 0 Å². The van der Waals surface area contributed by atoms with Crippen LogP contribution in [0.5, 0.6) is 11.5 Å². The predicted molar refractivity (Wildman–Crippen MR) is 73.9 cm³/mol. The number of phenolic OH excluding ortho intramolecular Hbond substituents is 1. The Bertz CT molecular complexity index is 471. The first-order chi connectivity index (χ1) is 9.51. The Hall–Kier alpha value is -1.78. The fourth-order valence-electron chi connectivity index (χ4n) is 2.12. The summed E-state index contributed by atoms with van der Waals surface area (Å²) in [6.45, 7) is 4.00. The molecular formula is C15H21FO4. The van der Waals surface area contributed by atoms with E-state index >= 15 is 0 Å². The van der Waals surface area contributed by atoms with E-state index in [4.69, 9.17) is 5.11 Å². The molecule has 0 bridgehead atoms. The normalized spacial score (nSPS) is 10.6. The summed E-state index contributed by atoms with van der Waals surface area (Å²) in [7, 11) is 0. The molecule has 0 spiro atoms. The highest BCUT2D eigenvalue weighted by molar-refractivity contribution is 5.64. The Morgan fingerprint density at radius 2 is 1.75 bits per heavy atom. The van der Waals surface area contributed by atoms with Gasteiger partial charge in [0.25, 0.3) is 0 Å². The molecule has 5 heteroatoms. The highest BCUT2D eigenvalue weighted by atomic mass is 19.1. The Labute approximate surface area is 118 Å². The van der Waals surface area contributed by atoms with Gasteiger partial charge in [-0.25, -0.2) is 9.18 Å². The van der Waals surface area contributed by atoms with Crippen LogP contribution in [0.3, 0.4) is 0 Å². The van der Waals surface area contributed by atoms with Crippen molar-refractivity contribution in [2.45, 2.75) is 52.4 Å². The average Bonchev–Trinajstić information content (AvgIpc) is 2.39. The van der Waals surface area contributed by atoms with Crippen molar-refractivity contribution < 1.29 is 24.1 Å². The fourth-order valence-corrected chi connectivity index (χ4v) is 2.12. The van der Waals surface area contributed by atoms with E-state index in [0.717, 1.165) is 31.7 Å². The third kappa shape index (κ3) is 4.11. The second-order valence-corrected chi connectivity index (χ2v) is 4.74. The Kier molecular flexibility index (Phi) is 6.28. The predicted octanol–water partition coefficient (Wildman–Crippen LogP) is 4.27. The van der Waals surface area contributed by atoms with Gasteiger partial charge in [-0.05, 0) is 31.2 Å². The van der Waals surface area contributed by atoms with Crippen LogP contribution >= 0.6 is 0 Å². The highest BCUT2D eigenvalue weighted by Gasteiger charge is 2.19. The van der Waals surface area contributed by atoms with E-state index < -0.39 is 12.0 Å². The monoisotopic (exact) mass is 284 g/mol. The molecule has 0 unspecified atom stereocenters. The van der Waals surface area contributed by atoms with Gasteiger partial charge in [0.2, 0.25) is 0 Å². The lowest BCUT2D eigenvalue weighted by Gasteiger charge is -2.15. The van der Waals surface area contributed by atoms with Crippen LogP contribution in [0, 0.1) is 5.82 Å². The quantitative estimate of drug-likeness (QED) is 0.579. The smallest absolute Gasteiger partial charge is 0.504 e. The molecule has 0 radical (unpaired) electrons. The second-order valence-electron chi connectivity index (χ2n) is 4.74. The summed E-state index contributed by atoms with van der Waals surface area (Å²) in [6.07, 6.45) is 2.90. The second kappa shape index (κ2) is 7.72. The lowest BCUT2D eigenvalue weighted by molar-refractivity contribution is 0.142. The van der Waals surface area contributed by atoms with Crippen molar-refractivity contribution in [2.24, 2.45) is 0 Å². The molecule has 0 amide bonds. The molecule has 0 atom stereocenters. The molecule has 0 saturated heterocycles.